The van der Waals surface area contributed by atoms with Crippen molar-refractivity contribution in [3.8, 4) is 0 Å². The number of carbonyl (C=O) groups excluding carboxylic acids is 1. The third-order valence-electron chi connectivity index (χ3n) is 2.54. The van der Waals surface area contributed by atoms with Gasteiger partial charge in [0.25, 0.3) is 5.91 Å². The second-order valence-electron chi connectivity index (χ2n) is 3.75. The quantitative estimate of drug-likeness (QED) is 0.828. The summed E-state index contributed by atoms with van der Waals surface area (Å²) in [5.41, 5.74) is 2.33. The van der Waals surface area contributed by atoms with E-state index in [-0.39, 0.29) is 5.91 Å². The number of benzene rings is 2. The van der Waals surface area contributed by atoms with E-state index in [2.05, 4.69) is 34.5 Å². The molecular weight excluding hydrogens is 337 g/mol. The van der Waals surface area contributed by atoms with Gasteiger partial charge in [0.1, 0.15) is 0 Å². The Bertz CT molecular complexity index is 575. The molecule has 0 bridgehead atoms. The molecule has 18 heavy (non-hydrogen) atoms. The summed E-state index contributed by atoms with van der Waals surface area (Å²) in [6.45, 7) is 3.73. The zero-order valence-electron chi connectivity index (χ0n) is 9.69. The number of para-hydroxylation sites is 1. The van der Waals surface area contributed by atoms with E-state index in [4.69, 9.17) is 0 Å². The molecule has 90 valence electrons. The molecule has 0 radical (unpaired) electrons. The van der Waals surface area contributed by atoms with E-state index < -0.39 is 0 Å². The first-order valence-electron chi connectivity index (χ1n) is 5.49. The average Bonchev–Trinajstić information content (AvgIpc) is 2.40. The predicted molar refractivity (Wildman–Crippen MR) is 83.6 cm³/mol. The molecule has 0 aliphatic heterocycles. The fraction of sp³-hybridized carbons (Fsp3) is 0. The van der Waals surface area contributed by atoms with Crippen LogP contribution in [0.15, 0.2) is 55.1 Å². The van der Waals surface area contributed by atoms with E-state index in [1.807, 2.05) is 48.5 Å². The minimum Gasteiger partial charge on any atom is -0.321 e. The summed E-state index contributed by atoms with van der Waals surface area (Å²) in [6.07, 6.45) is 1.73. The number of carbonyl (C=O) groups is 1. The SMILES string of the molecule is C=Cc1ccccc1NC(=O)c1ccc(I)cc1. The second kappa shape index (κ2) is 5.82. The van der Waals surface area contributed by atoms with Gasteiger partial charge in [0.05, 0.1) is 0 Å². The van der Waals surface area contributed by atoms with E-state index in [0.29, 0.717) is 5.56 Å². The van der Waals surface area contributed by atoms with Crippen LogP contribution in [0.5, 0.6) is 0 Å². The molecule has 0 spiro atoms. The maximum atomic E-state index is 12.0. The molecular formula is C15H12INO. The maximum absolute atomic E-state index is 12.0. The molecule has 3 heteroatoms. The highest BCUT2D eigenvalue weighted by Gasteiger charge is 2.07. The molecule has 2 nitrogen and oxygen atoms in total. The average molecular weight is 349 g/mol. The zero-order valence-corrected chi connectivity index (χ0v) is 11.8. The number of anilines is 1. The van der Waals surface area contributed by atoms with Crippen molar-refractivity contribution in [2.75, 3.05) is 5.32 Å². The molecule has 0 heterocycles. The first-order valence-corrected chi connectivity index (χ1v) is 6.57. The van der Waals surface area contributed by atoms with Crippen LogP contribution >= 0.6 is 22.6 Å². The lowest BCUT2D eigenvalue weighted by atomic mass is 10.1. The Balaban J connectivity index is 2.21. The van der Waals surface area contributed by atoms with Crippen LogP contribution < -0.4 is 5.32 Å². The topological polar surface area (TPSA) is 29.1 Å². The third kappa shape index (κ3) is 2.98. The third-order valence-corrected chi connectivity index (χ3v) is 3.25. The van der Waals surface area contributed by atoms with Gasteiger partial charge in [0, 0.05) is 14.8 Å². The number of hydrogen-bond acceptors (Lipinski definition) is 1. The first kappa shape index (κ1) is 12.8. The largest absolute Gasteiger partial charge is 0.321 e. The van der Waals surface area contributed by atoms with Crippen molar-refractivity contribution in [3.05, 3.63) is 69.8 Å². The van der Waals surface area contributed by atoms with Crippen molar-refractivity contribution in [1.82, 2.24) is 0 Å². The zero-order chi connectivity index (χ0) is 13.0. The van der Waals surface area contributed by atoms with Crippen molar-refractivity contribution in [3.63, 3.8) is 0 Å². The maximum Gasteiger partial charge on any atom is 0.255 e. The van der Waals surface area contributed by atoms with Gasteiger partial charge in [-0.3, -0.25) is 4.79 Å². The van der Waals surface area contributed by atoms with E-state index in [0.717, 1.165) is 14.8 Å². The molecule has 2 aromatic rings. The Hall–Kier alpha value is -1.62. The van der Waals surface area contributed by atoms with Crippen LogP contribution in [0.2, 0.25) is 0 Å². The van der Waals surface area contributed by atoms with Crippen LogP contribution in [0.3, 0.4) is 0 Å². The number of nitrogens with one attached hydrogen (secondary N) is 1. The molecule has 0 saturated heterocycles. The normalized spacial score (nSPS) is 9.83. The van der Waals surface area contributed by atoms with Gasteiger partial charge in [-0.2, -0.15) is 0 Å². The summed E-state index contributed by atoms with van der Waals surface area (Å²) in [4.78, 5) is 12.0. The van der Waals surface area contributed by atoms with Gasteiger partial charge in [-0.05, 0) is 58.5 Å². The van der Waals surface area contributed by atoms with Crippen molar-refractivity contribution in [2.24, 2.45) is 0 Å². The molecule has 0 unspecified atom stereocenters. The molecule has 0 aliphatic carbocycles. The summed E-state index contributed by atoms with van der Waals surface area (Å²) in [6, 6.07) is 15.0. The van der Waals surface area contributed by atoms with E-state index in [1.54, 1.807) is 6.08 Å². The summed E-state index contributed by atoms with van der Waals surface area (Å²) >= 11 is 2.21. The summed E-state index contributed by atoms with van der Waals surface area (Å²) in [5.74, 6) is -0.110. The Morgan fingerprint density at radius 3 is 2.44 bits per heavy atom. The Kier molecular flexibility index (Phi) is 4.15. The van der Waals surface area contributed by atoms with Gasteiger partial charge in [-0.15, -0.1) is 0 Å². The van der Waals surface area contributed by atoms with Gasteiger partial charge >= 0.3 is 0 Å². The van der Waals surface area contributed by atoms with Gasteiger partial charge in [-0.1, -0.05) is 30.9 Å². The summed E-state index contributed by atoms with van der Waals surface area (Å²) in [5, 5.41) is 2.88. The van der Waals surface area contributed by atoms with Gasteiger partial charge < -0.3 is 5.32 Å². The predicted octanol–water partition coefficient (Wildman–Crippen LogP) is 4.19. The van der Waals surface area contributed by atoms with Crippen LogP contribution in [-0.2, 0) is 0 Å². The molecule has 1 amide bonds. The number of hydrogen-bond donors (Lipinski definition) is 1. The number of rotatable bonds is 3. The molecule has 2 aromatic carbocycles. The number of halogens is 1. The highest BCUT2D eigenvalue weighted by atomic mass is 127. The van der Waals surface area contributed by atoms with E-state index in [1.165, 1.54) is 0 Å². The molecule has 0 aromatic heterocycles. The standard InChI is InChI=1S/C15H12INO/c1-2-11-5-3-4-6-14(11)17-15(18)12-7-9-13(16)10-8-12/h2-10H,1H2,(H,17,18). The van der Waals surface area contributed by atoms with Crippen LogP contribution in [0.4, 0.5) is 5.69 Å². The van der Waals surface area contributed by atoms with Crippen molar-refractivity contribution in [1.29, 1.82) is 0 Å². The molecule has 2 rings (SSSR count). The Morgan fingerprint density at radius 2 is 1.78 bits per heavy atom. The van der Waals surface area contributed by atoms with Gasteiger partial charge in [0.15, 0.2) is 0 Å². The Labute approximate surface area is 120 Å². The monoisotopic (exact) mass is 349 g/mol. The van der Waals surface area contributed by atoms with Crippen LogP contribution in [0, 0.1) is 3.57 Å². The molecule has 0 aliphatic rings. The van der Waals surface area contributed by atoms with Crippen molar-refractivity contribution < 1.29 is 4.79 Å². The highest BCUT2D eigenvalue weighted by Crippen LogP contribution is 2.17. The minimum atomic E-state index is -0.110. The van der Waals surface area contributed by atoms with Gasteiger partial charge in [-0.25, -0.2) is 0 Å². The fourth-order valence-corrected chi connectivity index (χ4v) is 1.94. The summed E-state index contributed by atoms with van der Waals surface area (Å²) in [7, 11) is 0. The molecule has 0 atom stereocenters. The lowest BCUT2D eigenvalue weighted by Gasteiger charge is -2.08. The second-order valence-corrected chi connectivity index (χ2v) is 5.00. The molecule has 1 N–H and O–H groups in total. The van der Waals surface area contributed by atoms with Crippen LogP contribution in [-0.4, -0.2) is 5.91 Å². The lowest BCUT2D eigenvalue weighted by molar-refractivity contribution is 0.102. The van der Waals surface area contributed by atoms with Crippen molar-refractivity contribution in [2.45, 2.75) is 0 Å². The van der Waals surface area contributed by atoms with Crippen molar-refractivity contribution >= 4 is 40.3 Å². The molecule has 0 saturated carbocycles. The first-order chi connectivity index (χ1) is 8.70. The highest BCUT2D eigenvalue weighted by molar-refractivity contribution is 14.1. The van der Waals surface area contributed by atoms with Gasteiger partial charge in [0.2, 0.25) is 0 Å². The Morgan fingerprint density at radius 1 is 1.11 bits per heavy atom. The summed E-state index contributed by atoms with van der Waals surface area (Å²) < 4.78 is 1.11. The smallest absolute Gasteiger partial charge is 0.255 e. The van der Waals surface area contributed by atoms with Crippen LogP contribution in [0.1, 0.15) is 15.9 Å². The van der Waals surface area contributed by atoms with E-state index >= 15 is 0 Å². The lowest BCUT2D eigenvalue weighted by Crippen LogP contribution is -2.12. The van der Waals surface area contributed by atoms with E-state index in [9.17, 15) is 4.79 Å². The number of amides is 1. The minimum absolute atomic E-state index is 0.110. The fourth-order valence-electron chi connectivity index (χ4n) is 1.58. The molecule has 0 fully saturated rings. The van der Waals surface area contributed by atoms with Crippen LogP contribution in [0.25, 0.3) is 6.08 Å².